The molecule has 2 aromatic rings. The number of aliphatic hydroxyl groups excluding tert-OH is 1. The van der Waals surface area contributed by atoms with Crippen LogP contribution in [-0.2, 0) is 14.3 Å². The fraction of sp³-hybridized carbons (Fsp3) is 0.409. The third-order valence-corrected chi connectivity index (χ3v) is 5.13. The number of anilines is 2. The Bertz CT molecular complexity index is 974. The Labute approximate surface area is 184 Å². The maximum absolute atomic E-state index is 12.5. The third kappa shape index (κ3) is 5.57. The van der Waals surface area contributed by atoms with Crippen LogP contribution in [0.15, 0.2) is 36.5 Å². The molecular weight excluding hydrogens is 424 g/mol. The highest BCUT2D eigenvalue weighted by atomic mass is 19.2. The normalized spacial score (nSPS) is 22.3. The largest absolute Gasteiger partial charge is 0.494 e. The van der Waals surface area contributed by atoms with E-state index in [4.69, 9.17) is 4.74 Å². The van der Waals surface area contributed by atoms with Gasteiger partial charge in [0.2, 0.25) is 5.82 Å². The molecule has 1 aromatic heterocycles. The Hall–Kier alpha value is -3.11. The molecule has 8 nitrogen and oxygen atoms in total. The van der Waals surface area contributed by atoms with E-state index < -0.39 is 23.8 Å². The summed E-state index contributed by atoms with van der Waals surface area (Å²) in [5.41, 5.74) is 0.562. The zero-order valence-electron chi connectivity index (χ0n) is 17.8. The Morgan fingerprint density at radius 3 is 2.66 bits per heavy atom. The van der Waals surface area contributed by atoms with E-state index in [0.717, 1.165) is 12.5 Å². The van der Waals surface area contributed by atoms with Gasteiger partial charge in [0.05, 0.1) is 13.2 Å². The highest BCUT2D eigenvalue weighted by Gasteiger charge is 2.32. The van der Waals surface area contributed by atoms with Crippen LogP contribution in [0.3, 0.4) is 0 Å². The van der Waals surface area contributed by atoms with E-state index in [2.05, 4.69) is 15.0 Å². The molecule has 2 amide bonds. The van der Waals surface area contributed by atoms with Crippen molar-refractivity contribution in [2.24, 2.45) is 0 Å². The van der Waals surface area contributed by atoms with Crippen molar-refractivity contribution < 1.29 is 33.0 Å². The van der Waals surface area contributed by atoms with Crippen LogP contribution in [0.4, 0.5) is 20.3 Å². The van der Waals surface area contributed by atoms with E-state index in [9.17, 15) is 23.5 Å². The number of hydrogen-bond acceptors (Lipinski definition) is 6. The van der Waals surface area contributed by atoms with Crippen molar-refractivity contribution in [3.63, 3.8) is 0 Å². The van der Waals surface area contributed by atoms with Gasteiger partial charge in [-0.2, -0.15) is 4.39 Å². The molecule has 2 aliphatic heterocycles. The average Bonchev–Trinajstić information content (AvgIpc) is 3.36. The number of hydrogen-bond donors (Lipinski definition) is 2. The van der Waals surface area contributed by atoms with Crippen LogP contribution in [-0.4, -0.2) is 53.9 Å². The van der Waals surface area contributed by atoms with Crippen molar-refractivity contribution in [3.8, 4) is 5.75 Å². The van der Waals surface area contributed by atoms with E-state index in [1.807, 2.05) is 6.92 Å². The lowest BCUT2D eigenvalue weighted by atomic mass is 10.2. The number of nitrogens with zero attached hydrogens (tertiary/aromatic N) is 2. The predicted molar refractivity (Wildman–Crippen MR) is 112 cm³/mol. The molecule has 1 aromatic carbocycles. The van der Waals surface area contributed by atoms with E-state index in [1.165, 1.54) is 30.3 Å². The van der Waals surface area contributed by atoms with Crippen LogP contribution in [0.1, 0.15) is 26.2 Å². The molecule has 3 unspecified atom stereocenters. The summed E-state index contributed by atoms with van der Waals surface area (Å²) >= 11 is 0. The summed E-state index contributed by atoms with van der Waals surface area (Å²) in [6.07, 6.45) is 2.22. The summed E-state index contributed by atoms with van der Waals surface area (Å²) < 4.78 is 34.9. The Kier molecular flexibility index (Phi) is 7.70. The van der Waals surface area contributed by atoms with E-state index in [-0.39, 0.29) is 23.7 Å². The number of aromatic nitrogens is 1. The van der Waals surface area contributed by atoms with Gasteiger partial charge in [-0.05, 0) is 38.0 Å². The van der Waals surface area contributed by atoms with Crippen molar-refractivity contribution in [1.29, 1.82) is 0 Å². The van der Waals surface area contributed by atoms with Crippen LogP contribution in [0, 0.1) is 11.6 Å². The first-order valence-corrected chi connectivity index (χ1v) is 10.2. The maximum atomic E-state index is 12.5. The monoisotopic (exact) mass is 449 g/mol. The molecule has 32 heavy (non-hydrogen) atoms. The van der Waals surface area contributed by atoms with Gasteiger partial charge in [0.1, 0.15) is 18.0 Å². The molecule has 2 saturated heterocycles. The minimum Gasteiger partial charge on any atom is -0.494 e. The van der Waals surface area contributed by atoms with Gasteiger partial charge in [0, 0.05) is 30.9 Å². The first-order chi connectivity index (χ1) is 15.3. The molecule has 0 bridgehead atoms. The zero-order chi connectivity index (χ0) is 23.3. The molecule has 0 radical (unpaired) electrons. The van der Waals surface area contributed by atoms with Gasteiger partial charge in [0.15, 0.2) is 11.6 Å². The molecule has 2 fully saturated rings. The highest BCUT2D eigenvalue weighted by Crippen LogP contribution is 2.24. The van der Waals surface area contributed by atoms with E-state index in [1.54, 1.807) is 12.1 Å². The second kappa shape index (κ2) is 10.5. The smallest absolute Gasteiger partial charge is 0.257 e. The predicted octanol–water partition coefficient (Wildman–Crippen LogP) is 2.66. The van der Waals surface area contributed by atoms with Gasteiger partial charge in [-0.25, -0.2) is 9.37 Å². The van der Waals surface area contributed by atoms with Gasteiger partial charge in [-0.3, -0.25) is 14.5 Å². The number of carbonyl (C=O) groups excluding carboxylic acids is 2. The summed E-state index contributed by atoms with van der Waals surface area (Å²) in [7, 11) is 1.29. The third-order valence-electron chi connectivity index (χ3n) is 5.13. The molecular formula is C22H25F2N3O5. The van der Waals surface area contributed by atoms with Crippen LogP contribution in [0.5, 0.6) is 5.75 Å². The number of ether oxygens (including phenoxy) is 2. The summed E-state index contributed by atoms with van der Waals surface area (Å²) in [5, 5.41) is 12.3. The van der Waals surface area contributed by atoms with Gasteiger partial charge in [-0.1, -0.05) is 6.07 Å². The number of rotatable bonds is 4. The van der Waals surface area contributed by atoms with Gasteiger partial charge in [-0.15, -0.1) is 0 Å². The fourth-order valence-corrected chi connectivity index (χ4v) is 3.40. The summed E-state index contributed by atoms with van der Waals surface area (Å²) in [5.74, 6) is -2.01. The minimum absolute atomic E-state index is 0.0694. The SMILES string of the molecule is CC1CCC(C(=O)Nc2ccnc(N3CCC(O)C3=O)c2)O1.COc1cccc(F)c1F. The Balaban J connectivity index is 0.000000243. The average molecular weight is 449 g/mol. The molecule has 10 heteroatoms. The molecule has 172 valence electrons. The summed E-state index contributed by atoms with van der Waals surface area (Å²) in [6, 6.07) is 7.08. The lowest BCUT2D eigenvalue weighted by Crippen LogP contribution is -2.30. The number of aliphatic hydroxyl groups is 1. The maximum Gasteiger partial charge on any atom is 0.257 e. The second-order valence-electron chi connectivity index (χ2n) is 7.46. The number of pyridine rings is 1. The van der Waals surface area contributed by atoms with Crippen LogP contribution < -0.4 is 15.0 Å². The van der Waals surface area contributed by atoms with Gasteiger partial charge >= 0.3 is 0 Å². The molecule has 4 rings (SSSR count). The molecule has 3 heterocycles. The molecule has 0 saturated carbocycles. The highest BCUT2D eigenvalue weighted by molar-refractivity contribution is 5.99. The zero-order valence-corrected chi connectivity index (χ0v) is 17.8. The van der Waals surface area contributed by atoms with Gasteiger partial charge < -0.3 is 19.9 Å². The van der Waals surface area contributed by atoms with Crippen molar-refractivity contribution in [2.75, 3.05) is 23.9 Å². The fourth-order valence-electron chi connectivity index (χ4n) is 3.40. The molecule has 0 spiro atoms. The minimum atomic E-state index is -0.964. The topological polar surface area (TPSA) is 101 Å². The number of halogens is 2. The quantitative estimate of drug-likeness (QED) is 0.744. The number of nitrogens with one attached hydrogen (secondary N) is 1. The standard InChI is InChI=1S/C15H19N3O4.C7H6F2O/c1-9-2-3-12(22-9)14(20)17-10-4-6-16-13(8-10)18-7-5-11(19)15(18)21;1-10-6-4-2-3-5(8)7(6)9/h4,6,8-9,11-12,19H,2-3,5,7H2,1H3,(H,16,17,20);2-4H,1H3. The van der Waals surface area contributed by atoms with Crippen LogP contribution in [0.2, 0.25) is 0 Å². The number of amides is 2. The van der Waals surface area contributed by atoms with Crippen molar-refractivity contribution >= 4 is 23.3 Å². The number of benzene rings is 1. The van der Waals surface area contributed by atoms with Gasteiger partial charge in [0.25, 0.3) is 11.8 Å². The van der Waals surface area contributed by atoms with E-state index >= 15 is 0 Å². The Morgan fingerprint density at radius 2 is 2.06 bits per heavy atom. The number of methoxy groups -OCH3 is 1. The summed E-state index contributed by atoms with van der Waals surface area (Å²) in [4.78, 5) is 29.5. The summed E-state index contributed by atoms with van der Waals surface area (Å²) in [6.45, 7) is 2.37. The first-order valence-electron chi connectivity index (χ1n) is 10.2. The number of carbonyl (C=O) groups is 2. The van der Waals surface area contributed by atoms with Crippen molar-refractivity contribution in [3.05, 3.63) is 48.2 Å². The molecule has 0 aliphatic carbocycles. The second-order valence-corrected chi connectivity index (χ2v) is 7.46. The lowest BCUT2D eigenvalue weighted by molar-refractivity contribution is -0.126. The molecule has 2 aliphatic rings. The van der Waals surface area contributed by atoms with Crippen LogP contribution >= 0.6 is 0 Å². The van der Waals surface area contributed by atoms with E-state index in [0.29, 0.717) is 30.9 Å². The Morgan fingerprint density at radius 1 is 1.28 bits per heavy atom. The molecule has 3 atom stereocenters. The molecule has 2 N–H and O–H groups in total. The van der Waals surface area contributed by atoms with Crippen molar-refractivity contribution in [1.82, 2.24) is 4.98 Å². The van der Waals surface area contributed by atoms with Crippen LogP contribution in [0.25, 0.3) is 0 Å². The van der Waals surface area contributed by atoms with Crippen molar-refractivity contribution in [2.45, 2.75) is 44.5 Å². The lowest BCUT2D eigenvalue weighted by Gasteiger charge is -2.16. The first kappa shape index (κ1) is 23.6.